The van der Waals surface area contributed by atoms with Gasteiger partial charge < -0.3 is 9.88 Å². The van der Waals surface area contributed by atoms with Crippen molar-refractivity contribution in [1.82, 2.24) is 9.88 Å². The zero-order chi connectivity index (χ0) is 16.5. The summed E-state index contributed by atoms with van der Waals surface area (Å²) in [6.45, 7) is 5.81. The van der Waals surface area contributed by atoms with Crippen molar-refractivity contribution in [2.24, 2.45) is 0 Å². The van der Waals surface area contributed by atoms with Crippen LogP contribution in [0.2, 0.25) is 0 Å². The van der Waals surface area contributed by atoms with E-state index < -0.39 is 0 Å². The number of aromatic nitrogens is 1. The summed E-state index contributed by atoms with van der Waals surface area (Å²) in [5.41, 5.74) is 6.91. The third-order valence-corrected chi connectivity index (χ3v) is 6.03. The van der Waals surface area contributed by atoms with Crippen LogP contribution in [0.4, 0.5) is 5.69 Å². The fraction of sp³-hybridized carbons (Fsp3) is 0.333. The maximum atomic E-state index is 3.73. The highest BCUT2D eigenvalue weighted by Gasteiger charge is 2.46. The molecule has 24 heavy (non-hydrogen) atoms. The van der Waals surface area contributed by atoms with Crippen LogP contribution in [0.1, 0.15) is 36.8 Å². The molecular weight excluding hydrogens is 294 g/mol. The van der Waals surface area contributed by atoms with E-state index in [4.69, 9.17) is 0 Å². The molecule has 2 aliphatic rings. The normalized spacial score (nSPS) is 22.1. The van der Waals surface area contributed by atoms with Crippen molar-refractivity contribution < 1.29 is 0 Å². The summed E-state index contributed by atoms with van der Waals surface area (Å²) in [5, 5.41) is 1.39. The molecule has 1 aromatic heterocycles. The number of nitrogens with one attached hydrogen (secondary N) is 1. The molecule has 3 nitrogen and oxygen atoms in total. The van der Waals surface area contributed by atoms with Crippen molar-refractivity contribution in [3.63, 3.8) is 0 Å². The van der Waals surface area contributed by atoms with E-state index in [9.17, 15) is 0 Å². The van der Waals surface area contributed by atoms with Crippen LogP contribution < -0.4 is 4.90 Å². The Morgan fingerprint density at radius 1 is 1.04 bits per heavy atom. The maximum Gasteiger partial charge on any atom is 0.124 e. The van der Waals surface area contributed by atoms with Gasteiger partial charge in [-0.3, -0.25) is 4.90 Å². The van der Waals surface area contributed by atoms with Crippen molar-refractivity contribution >= 4 is 16.6 Å². The van der Waals surface area contributed by atoms with Crippen LogP contribution in [0.3, 0.4) is 0 Å². The molecule has 0 amide bonds. The lowest BCUT2D eigenvalue weighted by atomic mass is 9.83. The van der Waals surface area contributed by atoms with Gasteiger partial charge in [0, 0.05) is 35.7 Å². The Morgan fingerprint density at radius 2 is 1.79 bits per heavy atom. The molecule has 0 fully saturated rings. The van der Waals surface area contributed by atoms with Crippen molar-refractivity contribution in [3.05, 3.63) is 65.4 Å². The van der Waals surface area contributed by atoms with Gasteiger partial charge >= 0.3 is 0 Å². The first-order chi connectivity index (χ1) is 11.6. The highest BCUT2D eigenvalue weighted by atomic mass is 15.4. The Hall–Kier alpha value is -2.26. The quantitative estimate of drug-likeness (QED) is 0.663. The highest BCUT2D eigenvalue weighted by molar-refractivity contribution is 5.85. The van der Waals surface area contributed by atoms with Gasteiger partial charge in [-0.05, 0) is 43.5 Å². The van der Waals surface area contributed by atoms with Crippen molar-refractivity contribution in [1.29, 1.82) is 0 Å². The van der Waals surface area contributed by atoms with E-state index >= 15 is 0 Å². The minimum atomic E-state index is 0.0305. The summed E-state index contributed by atoms with van der Waals surface area (Å²) in [4.78, 5) is 8.82. The first-order valence-corrected chi connectivity index (χ1v) is 8.77. The fourth-order valence-electron chi connectivity index (χ4n) is 4.79. The molecule has 3 heteroatoms. The number of H-pyrrole nitrogens is 1. The van der Waals surface area contributed by atoms with Crippen LogP contribution >= 0.6 is 0 Å². The second kappa shape index (κ2) is 4.64. The van der Waals surface area contributed by atoms with Gasteiger partial charge in [0.1, 0.15) is 6.17 Å². The van der Waals surface area contributed by atoms with E-state index in [-0.39, 0.29) is 11.7 Å². The third kappa shape index (κ3) is 1.65. The molecule has 0 bridgehead atoms. The van der Waals surface area contributed by atoms with E-state index in [1.807, 2.05) is 0 Å². The molecule has 0 radical (unpaired) electrons. The Bertz CT molecular complexity index is 937. The van der Waals surface area contributed by atoms with Crippen LogP contribution in [0.25, 0.3) is 10.9 Å². The van der Waals surface area contributed by atoms with Crippen molar-refractivity contribution in [2.75, 3.05) is 18.5 Å². The van der Waals surface area contributed by atoms with Gasteiger partial charge in [0.2, 0.25) is 0 Å². The van der Waals surface area contributed by atoms with Crippen LogP contribution in [0, 0.1) is 0 Å². The molecule has 1 N–H and O–H groups in total. The molecule has 2 aromatic carbocycles. The van der Waals surface area contributed by atoms with Gasteiger partial charge in [-0.25, -0.2) is 0 Å². The monoisotopic (exact) mass is 317 g/mol. The van der Waals surface area contributed by atoms with Crippen molar-refractivity contribution in [3.8, 4) is 0 Å². The summed E-state index contributed by atoms with van der Waals surface area (Å²) in [6, 6.07) is 17.6. The Labute approximate surface area is 142 Å². The number of nitrogens with zero attached hydrogens (tertiary/aromatic N) is 2. The zero-order valence-electron chi connectivity index (χ0n) is 14.5. The summed E-state index contributed by atoms with van der Waals surface area (Å²) in [7, 11) is 2.23. The molecule has 0 saturated carbocycles. The van der Waals surface area contributed by atoms with Gasteiger partial charge in [-0.1, -0.05) is 36.4 Å². The van der Waals surface area contributed by atoms with E-state index in [1.54, 1.807) is 0 Å². The lowest BCUT2D eigenvalue weighted by Crippen LogP contribution is -2.56. The van der Waals surface area contributed by atoms with E-state index in [0.29, 0.717) is 0 Å². The van der Waals surface area contributed by atoms with Gasteiger partial charge in [-0.2, -0.15) is 0 Å². The molecule has 5 rings (SSSR count). The molecule has 3 aromatic rings. The van der Waals surface area contributed by atoms with Gasteiger partial charge in [-0.15, -0.1) is 0 Å². The number of hydrogen-bond acceptors (Lipinski definition) is 2. The van der Waals surface area contributed by atoms with E-state index in [1.165, 1.54) is 33.4 Å². The number of anilines is 1. The zero-order valence-corrected chi connectivity index (χ0v) is 14.5. The van der Waals surface area contributed by atoms with Crippen LogP contribution in [-0.2, 0) is 12.0 Å². The molecule has 1 atom stereocenters. The number of para-hydroxylation sites is 2. The molecule has 0 saturated heterocycles. The van der Waals surface area contributed by atoms with Gasteiger partial charge in [0.05, 0.1) is 5.69 Å². The van der Waals surface area contributed by atoms with E-state index in [0.717, 1.165) is 13.0 Å². The predicted molar refractivity (Wildman–Crippen MR) is 99.3 cm³/mol. The molecule has 0 spiro atoms. The van der Waals surface area contributed by atoms with Crippen molar-refractivity contribution in [2.45, 2.75) is 32.0 Å². The second-order valence-electron chi connectivity index (χ2n) is 7.57. The molecule has 122 valence electrons. The number of hydrogen-bond donors (Lipinski definition) is 1. The largest absolute Gasteiger partial charge is 0.355 e. The van der Waals surface area contributed by atoms with E-state index in [2.05, 4.69) is 84.2 Å². The van der Waals surface area contributed by atoms with Crippen LogP contribution in [0.15, 0.2) is 48.5 Å². The molecule has 0 aliphatic carbocycles. The Kier molecular flexibility index (Phi) is 2.73. The lowest BCUT2D eigenvalue weighted by Gasteiger charge is -2.54. The predicted octanol–water partition coefficient (Wildman–Crippen LogP) is 4.41. The maximum absolute atomic E-state index is 3.73. The average Bonchev–Trinajstić information content (AvgIpc) is 2.98. The summed E-state index contributed by atoms with van der Waals surface area (Å²) >= 11 is 0. The van der Waals surface area contributed by atoms with Gasteiger partial charge in [0.15, 0.2) is 0 Å². The number of aromatic amines is 1. The number of rotatable bonds is 0. The summed E-state index contributed by atoms with van der Waals surface area (Å²) in [6.07, 6.45) is 1.38. The third-order valence-electron chi connectivity index (χ3n) is 6.03. The molecule has 3 heterocycles. The SMILES string of the molecule is CN1c2ccccc2C(C)(C)N2CCc3c([nH]c4ccccc34)[C@@H]12. The first kappa shape index (κ1) is 14.1. The minimum absolute atomic E-state index is 0.0305. The topological polar surface area (TPSA) is 22.3 Å². The molecular formula is C21H23N3. The Morgan fingerprint density at radius 3 is 2.67 bits per heavy atom. The minimum Gasteiger partial charge on any atom is -0.355 e. The highest BCUT2D eigenvalue weighted by Crippen LogP contribution is 2.50. The second-order valence-corrected chi connectivity index (χ2v) is 7.57. The van der Waals surface area contributed by atoms with Crippen LogP contribution in [-0.4, -0.2) is 23.5 Å². The van der Waals surface area contributed by atoms with Crippen LogP contribution in [0.5, 0.6) is 0 Å². The lowest BCUT2D eigenvalue weighted by molar-refractivity contribution is 0.0453. The standard InChI is InChI=1S/C21H23N3/c1-21(2)16-9-5-7-11-18(16)23(3)20-19-15(12-13-24(20)21)14-8-4-6-10-17(14)22-19/h4-11,20,22H,12-13H2,1-3H3/t20-/m0/s1. The smallest absolute Gasteiger partial charge is 0.124 e. The van der Waals surface area contributed by atoms with Gasteiger partial charge in [0.25, 0.3) is 0 Å². The number of fused-ring (bicyclic) bond motifs is 6. The fourth-order valence-corrected chi connectivity index (χ4v) is 4.79. The molecule has 2 aliphatic heterocycles. The summed E-state index contributed by atoms with van der Waals surface area (Å²) in [5.74, 6) is 0. The first-order valence-electron chi connectivity index (χ1n) is 8.77. The average molecular weight is 317 g/mol. The molecule has 0 unspecified atom stereocenters. The Balaban J connectivity index is 1.76. The number of benzene rings is 2. The summed E-state index contributed by atoms with van der Waals surface area (Å²) < 4.78 is 0.